The highest BCUT2D eigenvalue weighted by molar-refractivity contribution is 6.32. The van der Waals surface area contributed by atoms with E-state index in [2.05, 4.69) is 0 Å². The monoisotopic (exact) mass is 169 g/mol. The summed E-state index contributed by atoms with van der Waals surface area (Å²) in [7, 11) is 0. The first-order valence-corrected chi connectivity index (χ1v) is 3.15. The first kappa shape index (κ1) is 7.70. The number of rotatable bonds is 0. The Labute approximate surface area is 68.1 Å². The normalized spacial score (nSPS) is 9.09. The maximum Gasteiger partial charge on any atom is 0.177 e. The number of benzene rings is 1. The zero-order chi connectivity index (χ0) is 8.43. The molecular weight excluding hydrogens is 166 g/mol. The Kier molecular flexibility index (Phi) is 1.88. The number of nitrogens with zero attached hydrogens (tertiary/aromatic N) is 1. The molecule has 0 atom stereocenters. The molecule has 1 aromatic carbocycles. The van der Waals surface area contributed by atoms with Crippen LogP contribution in [0.1, 0.15) is 5.56 Å². The van der Waals surface area contributed by atoms with Gasteiger partial charge in [0.15, 0.2) is 11.5 Å². The molecule has 1 rings (SSSR count). The predicted molar refractivity (Wildman–Crippen MR) is 39.5 cm³/mol. The van der Waals surface area contributed by atoms with Crippen molar-refractivity contribution in [2.24, 2.45) is 0 Å². The number of hydrogen-bond donors (Lipinski definition) is 2. The van der Waals surface area contributed by atoms with Gasteiger partial charge in [0, 0.05) is 0 Å². The smallest absolute Gasteiger partial charge is 0.177 e. The van der Waals surface area contributed by atoms with E-state index < -0.39 is 5.75 Å². The fourth-order valence-corrected chi connectivity index (χ4v) is 0.857. The van der Waals surface area contributed by atoms with Gasteiger partial charge in [0.2, 0.25) is 0 Å². The van der Waals surface area contributed by atoms with Gasteiger partial charge in [-0.15, -0.1) is 0 Å². The summed E-state index contributed by atoms with van der Waals surface area (Å²) in [5.41, 5.74) is -0.105. The van der Waals surface area contributed by atoms with Crippen LogP contribution >= 0.6 is 11.6 Å². The van der Waals surface area contributed by atoms with E-state index in [9.17, 15) is 0 Å². The second kappa shape index (κ2) is 2.69. The van der Waals surface area contributed by atoms with Crippen molar-refractivity contribution in [2.75, 3.05) is 0 Å². The van der Waals surface area contributed by atoms with E-state index in [1.54, 1.807) is 6.07 Å². The van der Waals surface area contributed by atoms with E-state index >= 15 is 0 Å². The molecule has 0 unspecified atom stereocenters. The van der Waals surface area contributed by atoms with Crippen LogP contribution in [0, 0.1) is 11.3 Å². The van der Waals surface area contributed by atoms with Crippen molar-refractivity contribution in [3.63, 3.8) is 0 Å². The average Bonchev–Trinajstić information content (AvgIpc) is 1.99. The number of aromatic hydroxyl groups is 2. The van der Waals surface area contributed by atoms with Crippen molar-refractivity contribution in [1.82, 2.24) is 0 Å². The topological polar surface area (TPSA) is 64.2 Å². The van der Waals surface area contributed by atoms with Crippen LogP contribution in [0.15, 0.2) is 12.1 Å². The Morgan fingerprint density at radius 2 is 2.00 bits per heavy atom. The van der Waals surface area contributed by atoms with Crippen LogP contribution in [-0.4, -0.2) is 10.2 Å². The number of phenolic OH excluding ortho intramolecular Hbond substituents is 2. The molecule has 1 aromatic rings. The van der Waals surface area contributed by atoms with Crippen LogP contribution in [0.2, 0.25) is 5.02 Å². The van der Waals surface area contributed by atoms with Gasteiger partial charge in [0.25, 0.3) is 0 Å². The molecule has 0 saturated carbocycles. The lowest BCUT2D eigenvalue weighted by atomic mass is 10.2. The van der Waals surface area contributed by atoms with Gasteiger partial charge in [-0.3, -0.25) is 0 Å². The van der Waals surface area contributed by atoms with Crippen LogP contribution in [0.25, 0.3) is 0 Å². The fraction of sp³-hybridized carbons (Fsp3) is 0. The van der Waals surface area contributed by atoms with E-state index in [-0.39, 0.29) is 16.3 Å². The molecule has 11 heavy (non-hydrogen) atoms. The van der Waals surface area contributed by atoms with Gasteiger partial charge in [0.05, 0.1) is 5.02 Å². The largest absolute Gasteiger partial charge is 0.504 e. The summed E-state index contributed by atoms with van der Waals surface area (Å²) in [4.78, 5) is 0. The van der Waals surface area contributed by atoms with Crippen molar-refractivity contribution >= 4 is 11.6 Å². The van der Waals surface area contributed by atoms with Crippen molar-refractivity contribution in [3.8, 4) is 17.6 Å². The summed E-state index contributed by atoms with van der Waals surface area (Å²) in [5.74, 6) is -0.814. The molecule has 0 amide bonds. The van der Waals surface area contributed by atoms with E-state index in [1.165, 1.54) is 12.1 Å². The minimum atomic E-state index is -0.472. The maximum absolute atomic E-state index is 9.02. The number of hydrogen-bond acceptors (Lipinski definition) is 3. The van der Waals surface area contributed by atoms with Crippen molar-refractivity contribution in [1.29, 1.82) is 5.26 Å². The second-order valence-corrected chi connectivity index (χ2v) is 2.31. The Morgan fingerprint density at radius 3 is 2.45 bits per heavy atom. The van der Waals surface area contributed by atoms with Gasteiger partial charge in [-0.05, 0) is 12.1 Å². The zero-order valence-corrected chi connectivity index (χ0v) is 6.13. The molecule has 0 saturated heterocycles. The van der Waals surface area contributed by atoms with Gasteiger partial charge >= 0.3 is 0 Å². The highest BCUT2D eigenvalue weighted by Crippen LogP contribution is 2.32. The van der Waals surface area contributed by atoms with Crippen LogP contribution in [0.3, 0.4) is 0 Å². The van der Waals surface area contributed by atoms with Gasteiger partial charge in [-0.1, -0.05) is 11.6 Å². The lowest BCUT2D eigenvalue weighted by Gasteiger charge is -1.99. The first-order valence-electron chi connectivity index (χ1n) is 2.77. The highest BCUT2D eigenvalue weighted by Gasteiger charge is 2.09. The maximum atomic E-state index is 9.02. The Hall–Kier alpha value is -1.40. The van der Waals surface area contributed by atoms with Crippen molar-refractivity contribution in [2.45, 2.75) is 0 Å². The molecule has 0 heterocycles. The quantitative estimate of drug-likeness (QED) is 0.580. The SMILES string of the molecule is N#Cc1c(Cl)ccc(O)c1O. The minimum absolute atomic E-state index is 0.105. The van der Waals surface area contributed by atoms with Gasteiger partial charge < -0.3 is 10.2 Å². The van der Waals surface area contributed by atoms with Crippen molar-refractivity contribution < 1.29 is 10.2 Å². The van der Waals surface area contributed by atoms with Crippen molar-refractivity contribution in [3.05, 3.63) is 22.7 Å². The zero-order valence-electron chi connectivity index (χ0n) is 5.37. The van der Waals surface area contributed by atoms with E-state index in [1.807, 2.05) is 0 Å². The van der Waals surface area contributed by atoms with Crippen LogP contribution in [0.5, 0.6) is 11.5 Å². The molecule has 0 bridgehead atoms. The molecule has 2 N–H and O–H groups in total. The first-order chi connectivity index (χ1) is 5.16. The van der Waals surface area contributed by atoms with Crippen LogP contribution in [0.4, 0.5) is 0 Å². The molecule has 3 nitrogen and oxygen atoms in total. The lowest BCUT2D eigenvalue weighted by Crippen LogP contribution is -1.78. The molecule has 0 aliphatic carbocycles. The van der Waals surface area contributed by atoms with E-state index in [0.717, 1.165) is 0 Å². The van der Waals surface area contributed by atoms with Gasteiger partial charge in [-0.25, -0.2) is 0 Å². The van der Waals surface area contributed by atoms with Crippen LogP contribution < -0.4 is 0 Å². The average molecular weight is 170 g/mol. The Bertz CT molecular complexity index is 330. The fourth-order valence-electron chi connectivity index (χ4n) is 0.662. The summed E-state index contributed by atoms with van der Waals surface area (Å²) in [6.07, 6.45) is 0. The predicted octanol–water partition coefficient (Wildman–Crippen LogP) is 1.62. The number of nitriles is 1. The number of halogens is 1. The molecule has 4 heteroatoms. The second-order valence-electron chi connectivity index (χ2n) is 1.90. The number of phenols is 2. The highest BCUT2D eigenvalue weighted by atomic mass is 35.5. The van der Waals surface area contributed by atoms with Gasteiger partial charge in [-0.2, -0.15) is 5.26 Å². The third-order valence-corrected chi connectivity index (χ3v) is 1.53. The summed E-state index contributed by atoms with van der Waals surface area (Å²) in [6, 6.07) is 4.23. The molecule has 0 fully saturated rings. The summed E-state index contributed by atoms with van der Waals surface area (Å²) in [5, 5.41) is 26.5. The lowest BCUT2D eigenvalue weighted by molar-refractivity contribution is 0.402. The summed E-state index contributed by atoms with van der Waals surface area (Å²) < 4.78 is 0. The minimum Gasteiger partial charge on any atom is -0.504 e. The molecule has 0 aliphatic heterocycles. The standard InChI is InChI=1S/C7H4ClNO2/c8-5-1-2-6(10)7(11)4(5)3-9/h1-2,10-11H. The molecule has 56 valence electrons. The van der Waals surface area contributed by atoms with Gasteiger partial charge in [0.1, 0.15) is 11.6 Å². The Morgan fingerprint density at radius 1 is 1.36 bits per heavy atom. The third-order valence-electron chi connectivity index (χ3n) is 1.22. The van der Waals surface area contributed by atoms with Crippen LogP contribution in [-0.2, 0) is 0 Å². The summed E-state index contributed by atoms with van der Waals surface area (Å²) >= 11 is 5.51. The molecular formula is C7H4ClNO2. The van der Waals surface area contributed by atoms with E-state index in [0.29, 0.717) is 0 Å². The van der Waals surface area contributed by atoms with E-state index in [4.69, 9.17) is 27.1 Å². The molecule has 0 spiro atoms. The summed E-state index contributed by atoms with van der Waals surface area (Å²) in [6.45, 7) is 0. The molecule has 0 aromatic heterocycles. The molecule has 0 radical (unpaired) electrons. The Balaban J connectivity index is 3.44. The third kappa shape index (κ3) is 1.21. The molecule has 0 aliphatic rings.